The number of hydrogen-bond acceptors (Lipinski definition) is 8. The van der Waals surface area contributed by atoms with Crippen LogP contribution in [0.3, 0.4) is 0 Å². The molecule has 0 heterocycles. The van der Waals surface area contributed by atoms with E-state index in [1.54, 1.807) is 0 Å². The number of nitrogens with one attached hydrogen (secondary N) is 1. The van der Waals surface area contributed by atoms with Gasteiger partial charge in [-0.15, -0.1) is 0 Å². The van der Waals surface area contributed by atoms with Crippen LogP contribution in [-0.2, 0) is 35.1 Å². The zero-order valence-corrected chi connectivity index (χ0v) is 24.8. The van der Waals surface area contributed by atoms with E-state index in [0.717, 1.165) is 44.9 Å². The predicted molar refractivity (Wildman–Crippen MR) is 153 cm³/mol. The average Bonchev–Trinajstić information content (AvgIpc) is 3.29. The minimum atomic E-state index is -1.01. The van der Waals surface area contributed by atoms with Crippen LogP contribution in [0.2, 0.25) is 0 Å². The highest BCUT2D eigenvalue weighted by molar-refractivity contribution is 5.91. The van der Waals surface area contributed by atoms with E-state index in [0.29, 0.717) is 29.7 Å². The first-order valence-electron chi connectivity index (χ1n) is 15.3. The van der Waals surface area contributed by atoms with Gasteiger partial charge in [0.2, 0.25) is 5.91 Å². The Morgan fingerprint density at radius 3 is 2.52 bits per heavy atom. The number of amides is 1. The number of benzene rings is 1. The van der Waals surface area contributed by atoms with Gasteiger partial charge in [-0.2, -0.15) is 0 Å². The summed E-state index contributed by atoms with van der Waals surface area (Å²) < 4.78 is 10.9. The summed E-state index contributed by atoms with van der Waals surface area (Å²) in [5, 5.41) is 21.9. The molecule has 9 nitrogen and oxygen atoms in total. The van der Waals surface area contributed by atoms with E-state index in [9.17, 15) is 29.4 Å². The van der Waals surface area contributed by atoms with Crippen LogP contribution in [-0.4, -0.2) is 53.1 Å². The third-order valence-corrected chi connectivity index (χ3v) is 11.0. The molecule has 0 spiro atoms. The summed E-state index contributed by atoms with van der Waals surface area (Å²) in [4.78, 5) is 50.0. The fourth-order valence-electron chi connectivity index (χ4n) is 8.67. The van der Waals surface area contributed by atoms with Gasteiger partial charge in [-0.3, -0.25) is 14.4 Å². The van der Waals surface area contributed by atoms with Gasteiger partial charge in [-0.25, -0.2) is 4.79 Å². The van der Waals surface area contributed by atoms with Crippen molar-refractivity contribution in [2.45, 2.75) is 96.6 Å². The normalized spacial score (nSPS) is 32.5. The second-order valence-electron chi connectivity index (χ2n) is 13.2. The number of hydrogen-bond donors (Lipinski definition) is 3. The van der Waals surface area contributed by atoms with Crippen LogP contribution in [0, 0.1) is 28.6 Å². The lowest BCUT2D eigenvalue weighted by molar-refractivity contribution is -0.160. The SMILES string of the molecule is COC(=O)[C@@H](Cc1ccc(O)c(O)c1)NC(=O)CCC(=O)O[C@@H]1CC[C@H]2[C@@H]3CCC4=CC(=O)CC[C@]4(C)[C@H]3CC[C@]12C. The van der Waals surface area contributed by atoms with Crippen molar-refractivity contribution >= 4 is 23.6 Å². The van der Waals surface area contributed by atoms with Gasteiger partial charge < -0.3 is 25.0 Å². The first-order valence-corrected chi connectivity index (χ1v) is 15.3. The highest BCUT2D eigenvalue weighted by atomic mass is 16.5. The van der Waals surface area contributed by atoms with Crippen molar-refractivity contribution in [1.82, 2.24) is 5.32 Å². The number of allylic oxidation sites excluding steroid dienone is 1. The molecule has 5 rings (SSSR count). The third kappa shape index (κ3) is 5.66. The number of carbonyl (C=O) groups excluding carboxylic acids is 4. The third-order valence-electron chi connectivity index (χ3n) is 11.0. The van der Waals surface area contributed by atoms with E-state index in [-0.39, 0.29) is 53.5 Å². The zero-order chi connectivity index (χ0) is 30.2. The van der Waals surface area contributed by atoms with Gasteiger partial charge in [0.25, 0.3) is 0 Å². The molecule has 0 radical (unpaired) electrons. The highest BCUT2D eigenvalue weighted by Gasteiger charge is 2.60. The summed E-state index contributed by atoms with van der Waals surface area (Å²) in [7, 11) is 1.22. The van der Waals surface area contributed by atoms with Crippen molar-refractivity contribution in [2.75, 3.05) is 7.11 Å². The summed E-state index contributed by atoms with van der Waals surface area (Å²) in [5.74, 6) is -0.281. The fourth-order valence-corrected chi connectivity index (χ4v) is 8.67. The Bertz CT molecular complexity index is 1290. The largest absolute Gasteiger partial charge is 0.504 e. The van der Waals surface area contributed by atoms with Gasteiger partial charge >= 0.3 is 11.9 Å². The Hall–Kier alpha value is -3.36. The van der Waals surface area contributed by atoms with Crippen LogP contribution in [0.4, 0.5) is 0 Å². The van der Waals surface area contributed by atoms with Gasteiger partial charge in [0.15, 0.2) is 17.3 Å². The lowest BCUT2D eigenvalue weighted by atomic mass is 9.47. The second-order valence-corrected chi connectivity index (χ2v) is 13.2. The van der Waals surface area contributed by atoms with E-state index < -0.39 is 23.9 Å². The lowest BCUT2D eigenvalue weighted by Gasteiger charge is -2.57. The van der Waals surface area contributed by atoms with Gasteiger partial charge in [-0.1, -0.05) is 25.5 Å². The van der Waals surface area contributed by atoms with Crippen LogP contribution in [0.15, 0.2) is 29.8 Å². The molecule has 3 N–H and O–H groups in total. The van der Waals surface area contributed by atoms with Crippen LogP contribution < -0.4 is 5.32 Å². The fraction of sp³-hybridized carbons (Fsp3) is 0.636. The number of ether oxygens (including phenoxy) is 2. The molecular formula is C33H43NO8. The number of esters is 2. The molecule has 0 aromatic heterocycles. The molecule has 0 unspecified atom stereocenters. The molecule has 3 saturated carbocycles. The first kappa shape index (κ1) is 30.1. The Morgan fingerprint density at radius 2 is 1.79 bits per heavy atom. The van der Waals surface area contributed by atoms with Crippen LogP contribution >= 0.6 is 0 Å². The Balaban J connectivity index is 1.15. The van der Waals surface area contributed by atoms with Crippen LogP contribution in [0.25, 0.3) is 0 Å². The molecule has 228 valence electrons. The predicted octanol–water partition coefficient (Wildman–Crippen LogP) is 4.52. The molecule has 0 saturated heterocycles. The molecule has 1 aromatic rings. The molecule has 0 bridgehead atoms. The molecule has 7 atom stereocenters. The molecule has 1 aromatic carbocycles. The smallest absolute Gasteiger partial charge is 0.328 e. The standard InChI is InChI=1S/C33H43NO8/c1-32-14-12-21(35)18-20(32)5-6-22-23-7-9-28(33(23,2)15-13-24(22)32)42-30(39)11-10-29(38)34-25(31(40)41-3)16-19-4-8-26(36)27(37)17-19/h4,8,17-18,22-25,28,36-37H,5-7,9-16H2,1-3H3,(H,34,38)/t22-,23-,24-,25+,28+,32-,33-/m0/s1. The number of carbonyl (C=O) groups is 4. The highest BCUT2D eigenvalue weighted by Crippen LogP contribution is 2.65. The van der Waals surface area contributed by atoms with E-state index in [2.05, 4.69) is 19.2 Å². The Kier molecular flexibility index (Phi) is 8.41. The maximum Gasteiger partial charge on any atom is 0.328 e. The molecule has 42 heavy (non-hydrogen) atoms. The zero-order valence-electron chi connectivity index (χ0n) is 24.8. The average molecular weight is 582 g/mol. The Morgan fingerprint density at radius 1 is 1.00 bits per heavy atom. The summed E-state index contributed by atoms with van der Waals surface area (Å²) in [6.45, 7) is 4.63. The molecule has 1 amide bonds. The number of rotatable bonds is 8. The van der Waals surface area contributed by atoms with Crippen LogP contribution in [0.5, 0.6) is 11.5 Å². The van der Waals surface area contributed by atoms with Crippen molar-refractivity contribution in [3.05, 3.63) is 35.4 Å². The number of phenolic OH excluding ortho intramolecular Hbond substituents is 2. The number of aromatic hydroxyl groups is 2. The van der Waals surface area contributed by atoms with E-state index in [1.165, 1.54) is 30.9 Å². The van der Waals surface area contributed by atoms with Crippen molar-refractivity contribution in [1.29, 1.82) is 0 Å². The second kappa shape index (κ2) is 11.7. The van der Waals surface area contributed by atoms with E-state index in [4.69, 9.17) is 9.47 Å². The Labute approximate surface area is 247 Å². The maximum atomic E-state index is 12.9. The van der Waals surface area contributed by atoms with Crippen molar-refractivity contribution < 1.29 is 38.9 Å². The van der Waals surface area contributed by atoms with Crippen molar-refractivity contribution in [3.63, 3.8) is 0 Å². The van der Waals surface area contributed by atoms with Gasteiger partial charge in [-0.05, 0) is 91.9 Å². The number of methoxy groups -OCH3 is 1. The van der Waals surface area contributed by atoms with Crippen molar-refractivity contribution in [2.24, 2.45) is 28.6 Å². The monoisotopic (exact) mass is 581 g/mol. The molecule has 4 aliphatic rings. The summed E-state index contributed by atoms with van der Waals surface area (Å²) >= 11 is 0. The van der Waals surface area contributed by atoms with E-state index >= 15 is 0 Å². The summed E-state index contributed by atoms with van der Waals surface area (Å²) in [6.07, 6.45) is 9.13. The summed E-state index contributed by atoms with van der Waals surface area (Å²) in [6, 6.07) is 3.15. The number of fused-ring (bicyclic) bond motifs is 5. The molecule has 0 aliphatic heterocycles. The molecular weight excluding hydrogens is 538 g/mol. The number of ketones is 1. The minimum absolute atomic E-state index is 0.0489. The molecule has 9 heteroatoms. The minimum Gasteiger partial charge on any atom is -0.504 e. The van der Waals surface area contributed by atoms with Gasteiger partial charge in [0.05, 0.1) is 13.5 Å². The van der Waals surface area contributed by atoms with Gasteiger partial charge in [0.1, 0.15) is 12.1 Å². The number of phenols is 2. The maximum absolute atomic E-state index is 12.9. The quantitative estimate of drug-likeness (QED) is 0.301. The topological polar surface area (TPSA) is 139 Å². The summed E-state index contributed by atoms with van der Waals surface area (Å²) in [5.41, 5.74) is 1.88. The first-order chi connectivity index (χ1) is 19.9. The van der Waals surface area contributed by atoms with E-state index in [1.807, 2.05) is 6.08 Å². The lowest BCUT2D eigenvalue weighted by Crippen LogP contribution is -2.51. The molecule has 4 aliphatic carbocycles. The van der Waals surface area contributed by atoms with Gasteiger partial charge in [0, 0.05) is 24.7 Å². The van der Waals surface area contributed by atoms with Crippen molar-refractivity contribution in [3.8, 4) is 11.5 Å². The van der Waals surface area contributed by atoms with Crippen LogP contribution in [0.1, 0.15) is 83.6 Å². The molecule has 3 fully saturated rings.